The van der Waals surface area contributed by atoms with Gasteiger partial charge in [0.15, 0.2) is 5.38 Å². The van der Waals surface area contributed by atoms with Gasteiger partial charge in [-0.1, -0.05) is 6.42 Å². The fraction of sp³-hybridized carbons (Fsp3) is 0.222. The van der Waals surface area contributed by atoms with E-state index in [1.165, 1.54) is 11.8 Å². The van der Waals surface area contributed by atoms with Crippen LogP contribution in [0, 0.1) is 0 Å². The topological polar surface area (TPSA) is 98.2 Å². The van der Waals surface area contributed by atoms with E-state index in [4.69, 9.17) is 0 Å². The van der Waals surface area contributed by atoms with Crippen LogP contribution in [0.5, 0.6) is 0 Å². The SMILES string of the molecule is O=C1Nc2c[s+](C(=O)[O-])c3nccc(c23)N1c1cccnc1C1CCC1. The van der Waals surface area contributed by atoms with Gasteiger partial charge in [0.25, 0.3) is 4.83 Å². The van der Waals surface area contributed by atoms with Crippen LogP contribution in [0.4, 0.5) is 26.7 Å². The Kier molecular flexibility index (Phi) is 3.23. The number of nitrogens with one attached hydrogen (secondary N) is 1. The molecule has 0 saturated heterocycles. The average Bonchev–Trinajstić information content (AvgIpc) is 2.95. The van der Waals surface area contributed by atoms with Gasteiger partial charge in [-0.25, -0.2) is 9.78 Å². The number of rotatable bonds is 3. The van der Waals surface area contributed by atoms with Gasteiger partial charge < -0.3 is 15.2 Å². The third kappa shape index (κ3) is 2.05. The van der Waals surface area contributed by atoms with Gasteiger partial charge in [-0.05, 0) is 31.0 Å². The normalized spacial score (nSPS) is 17.2. The number of aromatic nitrogens is 2. The maximum atomic E-state index is 12.9. The number of nitrogens with zero attached hydrogens (tertiary/aromatic N) is 3. The molecule has 0 radical (unpaired) electrons. The summed E-state index contributed by atoms with van der Waals surface area (Å²) >= 11 is 0. The zero-order chi connectivity index (χ0) is 17.8. The van der Waals surface area contributed by atoms with E-state index in [0.29, 0.717) is 27.5 Å². The molecule has 26 heavy (non-hydrogen) atoms. The number of pyridine rings is 2. The molecule has 1 aliphatic heterocycles. The number of anilines is 3. The summed E-state index contributed by atoms with van der Waals surface area (Å²) in [7, 11) is -1.27. The molecule has 0 aromatic carbocycles. The van der Waals surface area contributed by atoms with Crippen LogP contribution in [0.1, 0.15) is 30.9 Å². The van der Waals surface area contributed by atoms with Crippen LogP contribution < -0.4 is 15.3 Å². The van der Waals surface area contributed by atoms with Gasteiger partial charge in [0.1, 0.15) is 11.1 Å². The molecule has 3 aromatic heterocycles. The van der Waals surface area contributed by atoms with Crippen molar-refractivity contribution in [2.45, 2.75) is 25.2 Å². The highest BCUT2D eigenvalue weighted by Gasteiger charge is 2.36. The first-order valence-corrected chi connectivity index (χ1v) is 9.65. The Balaban J connectivity index is 1.75. The molecule has 5 rings (SSSR count). The third-order valence-corrected chi connectivity index (χ3v) is 6.58. The molecular weight excluding hydrogens is 352 g/mol. The fourth-order valence-electron chi connectivity index (χ4n) is 3.60. The Labute approximate surface area is 151 Å². The average molecular weight is 366 g/mol. The second-order valence-electron chi connectivity index (χ2n) is 6.43. The Hall–Kier alpha value is -3.00. The van der Waals surface area contributed by atoms with Crippen molar-refractivity contribution in [3.63, 3.8) is 0 Å². The summed E-state index contributed by atoms with van der Waals surface area (Å²) in [6, 6.07) is 5.11. The van der Waals surface area contributed by atoms with Gasteiger partial charge in [-0.15, -0.1) is 0 Å². The van der Waals surface area contributed by atoms with Crippen molar-refractivity contribution < 1.29 is 14.7 Å². The molecule has 1 atom stereocenters. The number of hydrogen-bond acceptors (Lipinski definition) is 5. The second-order valence-corrected chi connectivity index (χ2v) is 8.06. The molecule has 2 amide bonds. The molecule has 1 saturated carbocycles. The maximum absolute atomic E-state index is 12.9. The van der Waals surface area contributed by atoms with Gasteiger partial charge in [-0.2, -0.15) is 0 Å². The van der Waals surface area contributed by atoms with Crippen LogP contribution in [0.15, 0.2) is 36.0 Å². The van der Waals surface area contributed by atoms with Crippen molar-refractivity contribution >= 4 is 49.1 Å². The smallest absolute Gasteiger partial charge is 0.331 e. The van der Waals surface area contributed by atoms with E-state index in [9.17, 15) is 14.7 Å². The zero-order valence-electron chi connectivity index (χ0n) is 13.6. The number of hydrogen-bond donors (Lipinski definition) is 1. The molecule has 3 aromatic rings. The van der Waals surface area contributed by atoms with Gasteiger partial charge >= 0.3 is 11.3 Å². The Morgan fingerprint density at radius 1 is 1.23 bits per heavy atom. The van der Waals surface area contributed by atoms with Crippen molar-refractivity contribution in [3.05, 3.63) is 41.7 Å². The van der Waals surface area contributed by atoms with Gasteiger partial charge in [0, 0.05) is 18.3 Å². The number of carbonyl (C=O) groups excluding carboxylic acids is 2. The van der Waals surface area contributed by atoms with Crippen molar-refractivity contribution in [1.29, 1.82) is 0 Å². The molecule has 1 N–H and O–H groups in total. The van der Waals surface area contributed by atoms with Crippen LogP contribution in [0.3, 0.4) is 0 Å². The molecule has 1 aliphatic carbocycles. The monoisotopic (exact) mass is 366 g/mol. The predicted octanol–water partition coefficient (Wildman–Crippen LogP) is 3.52. The van der Waals surface area contributed by atoms with Crippen molar-refractivity contribution in [2.24, 2.45) is 0 Å². The molecular formula is C18H14N4O3S. The van der Waals surface area contributed by atoms with E-state index in [-0.39, 0.29) is 6.03 Å². The van der Waals surface area contributed by atoms with Gasteiger partial charge in [0.05, 0.1) is 27.5 Å². The molecule has 0 spiro atoms. The summed E-state index contributed by atoms with van der Waals surface area (Å²) in [6.07, 6.45) is 6.58. The maximum Gasteiger partial charge on any atom is 0.331 e. The molecule has 7 nitrogen and oxygen atoms in total. The first-order valence-electron chi connectivity index (χ1n) is 8.36. The number of carbonyl (C=O) groups is 2. The summed E-state index contributed by atoms with van der Waals surface area (Å²) in [4.78, 5) is 35.1. The van der Waals surface area contributed by atoms with Crippen LogP contribution in [-0.4, -0.2) is 21.3 Å². The third-order valence-electron chi connectivity index (χ3n) is 5.02. The minimum atomic E-state index is -1.27. The van der Waals surface area contributed by atoms with Crippen LogP contribution in [-0.2, 0) is 0 Å². The summed E-state index contributed by atoms with van der Waals surface area (Å²) < 4.78 is 0. The molecule has 130 valence electrons. The number of urea groups is 1. The predicted molar refractivity (Wildman–Crippen MR) is 97.0 cm³/mol. The molecule has 2 aliphatic rings. The van der Waals surface area contributed by atoms with E-state index >= 15 is 0 Å². The number of amides is 2. The Bertz CT molecular complexity index is 1070. The van der Waals surface area contributed by atoms with E-state index in [0.717, 1.165) is 24.2 Å². The lowest BCUT2D eigenvalue weighted by molar-refractivity contribution is -0.233. The number of carboxylic acid groups (broad SMARTS) is 1. The summed E-state index contributed by atoms with van der Waals surface area (Å²) in [5.41, 5.74) is 2.77. The molecule has 1 unspecified atom stereocenters. The lowest BCUT2D eigenvalue weighted by Gasteiger charge is -2.32. The largest absolute Gasteiger partial charge is 0.500 e. The quantitative estimate of drug-likeness (QED) is 0.715. The van der Waals surface area contributed by atoms with Crippen molar-refractivity contribution in [1.82, 2.24) is 9.97 Å². The second kappa shape index (κ2) is 5.50. The summed E-state index contributed by atoms with van der Waals surface area (Å²) in [5, 5.41) is 15.2. The molecule has 1 fully saturated rings. The highest BCUT2D eigenvalue weighted by atomic mass is 32.2. The molecule has 0 bridgehead atoms. The van der Waals surface area contributed by atoms with Crippen LogP contribution in [0.25, 0.3) is 10.2 Å². The molecule has 8 heteroatoms. The van der Waals surface area contributed by atoms with E-state index in [1.54, 1.807) is 23.4 Å². The Morgan fingerprint density at radius 3 is 2.81 bits per heavy atom. The zero-order valence-corrected chi connectivity index (χ0v) is 14.5. The lowest BCUT2D eigenvalue weighted by Crippen LogP contribution is -2.35. The van der Waals surface area contributed by atoms with Crippen molar-refractivity contribution in [2.75, 3.05) is 10.2 Å². The lowest BCUT2D eigenvalue weighted by atomic mass is 9.82. The molecule has 4 heterocycles. The number of thiophene rings is 1. The van der Waals surface area contributed by atoms with Crippen molar-refractivity contribution in [3.8, 4) is 0 Å². The first kappa shape index (κ1) is 15.3. The highest BCUT2D eigenvalue weighted by molar-refractivity contribution is 7.54. The van der Waals surface area contributed by atoms with E-state index < -0.39 is 15.8 Å². The minimum absolute atomic E-state index is 0.321. The fourth-order valence-corrected chi connectivity index (χ4v) is 4.99. The van der Waals surface area contributed by atoms with Gasteiger partial charge in [0.2, 0.25) is 0 Å². The van der Waals surface area contributed by atoms with Crippen LogP contribution >= 0.6 is 10.5 Å². The summed E-state index contributed by atoms with van der Waals surface area (Å²) in [5.74, 6) is 0.351. The first-order chi connectivity index (χ1) is 12.6. The highest BCUT2D eigenvalue weighted by Crippen LogP contribution is 2.48. The van der Waals surface area contributed by atoms with E-state index in [2.05, 4.69) is 15.3 Å². The summed E-state index contributed by atoms with van der Waals surface area (Å²) in [6.45, 7) is 0. The van der Waals surface area contributed by atoms with E-state index in [1.807, 2.05) is 12.1 Å². The Morgan fingerprint density at radius 2 is 2.08 bits per heavy atom. The van der Waals surface area contributed by atoms with Crippen LogP contribution in [0.2, 0.25) is 0 Å². The van der Waals surface area contributed by atoms with Gasteiger partial charge in [-0.3, -0.25) is 9.88 Å². The minimum Gasteiger partial charge on any atom is -0.500 e. The standard InChI is InChI=1S/C18H14N4O3S/c23-17-21-11-9-26(18(24)25)16-14(11)12(6-8-20-16)22(17)13-5-2-7-19-15(13)10-3-1-4-10/h2,5-10H,1,3-4H2,(H-,21,23,24,25).